The second-order valence-electron chi connectivity index (χ2n) is 6.09. The minimum Gasteiger partial charge on any atom is -0.480 e. The quantitative estimate of drug-likeness (QED) is 0.832. The van der Waals surface area contributed by atoms with Crippen molar-refractivity contribution in [1.82, 2.24) is 4.90 Å². The molecule has 3 fully saturated rings. The van der Waals surface area contributed by atoms with Crippen LogP contribution in [0.5, 0.6) is 0 Å². The third-order valence-electron chi connectivity index (χ3n) is 4.67. The molecule has 19 heavy (non-hydrogen) atoms. The van der Waals surface area contributed by atoms with E-state index < -0.39 is 5.97 Å². The number of rotatable bonds is 4. The summed E-state index contributed by atoms with van der Waals surface area (Å²) in [5, 5.41) is 9.10. The summed E-state index contributed by atoms with van der Waals surface area (Å²) in [6.45, 7) is 2.49. The Morgan fingerprint density at radius 1 is 1.16 bits per heavy atom. The number of carboxylic acid groups (broad SMARTS) is 1. The van der Waals surface area contributed by atoms with Crippen molar-refractivity contribution in [2.24, 2.45) is 0 Å². The summed E-state index contributed by atoms with van der Waals surface area (Å²) in [7, 11) is 0. The lowest BCUT2D eigenvalue weighted by molar-refractivity contribution is -0.157. The Labute approximate surface area is 113 Å². The highest BCUT2D eigenvalue weighted by Gasteiger charge is 2.44. The summed E-state index contributed by atoms with van der Waals surface area (Å²) in [4.78, 5) is 13.3. The van der Waals surface area contributed by atoms with Gasteiger partial charge < -0.3 is 14.6 Å². The van der Waals surface area contributed by atoms with Crippen LogP contribution < -0.4 is 0 Å². The van der Waals surface area contributed by atoms with Crippen LogP contribution in [-0.4, -0.2) is 60.0 Å². The van der Waals surface area contributed by atoms with Crippen LogP contribution in [-0.2, 0) is 14.3 Å². The largest absolute Gasteiger partial charge is 0.480 e. The molecule has 1 unspecified atom stereocenters. The molecule has 1 spiro atoms. The van der Waals surface area contributed by atoms with Crippen LogP contribution in [0, 0.1) is 0 Å². The molecule has 2 heterocycles. The van der Waals surface area contributed by atoms with Gasteiger partial charge in [0.25, 0.3) is 0 Å². The van der Waals surface area contributed by atoms with Crippen LogP contribution in [0.4, 0.5) is 0 Å². The zero-order valence-electron chi connectivity index (χ0n) is 11.3. The number of nitrogens with zero attached hydrogens (tertiary/aromatic N) is 1. The van der Waals surface area contributed by atoms with Crippen molar-refractivity contribution in [2.45, 2.75) is 56.2 Å². The average Bonchev–Trinajstić information content (AvgIpc) is 3.21. The zero-order valence-corrected chi connectivity index (χ0v) is 11.3. The van der Waals surface area contributed by atoms with E-state index in [4.69, 9.17) is 14.6 Å². The van der Waals surface area contributed by atoms with Gasteiger partial charge in [-0.05, 0) is 38.5 Å². The molecule has 1 atom stereocenters. The van der Waals surface area contributed by atoms with E-state index in [0.717, 1.165) is 58.3 Å². The Hall–Kier alpha value is -0.650. The third-order valence-corrected chi connectivity index (χ3v) is 4.67. The monoisotopic (exact) mass is 269 g/mol. The topological polar surface area (TPSA) is 59.0 Å². The number of hydrogen-bond acceptors (Lipinski definition) is 4. The molecule has 0 aromatic rings. The first kappa shape index (κ1) is 13.3. The Bertz CT molecular complexity index is 331. The van der Waals surface area contributed by atoms with Gasteiger partial charge in [0.05, 0.1) is 12.1 Å². The van der Waals surface area contributed by atoms with Crippen LogP contribution in [0.25, 0.3) is 0 Å². The first-order valence-electron chi connectivity index (χ1n) is 7.38. The van der Waals surface area contributed by atoms with Crippen LogP contribution in [0.1, 0.15) is 38.5 Å². The first-order valence-corrected chi connectivity index (χ1v) is 7.38. The first-order chi connectivity index (χ1) is 9.19. The summed E-state index contributed by atoms with van der Waals surface area (Å²) in [6, 6.07) is 0.867. The van der Waals surface area contributed by atoms with Gasteiger partial charge in [0, 0.05) is 31.9 Å². The molecule has 1 saturated carbocycles. The van der Waals surface area contributed by atoms with Crippen molar-refractivity contribution in [3.8, 4) is 0 Å². The summed E-state index contributed by atoms with van der Waals surface area (Å²) in [6.07, 6.45) is 6.15. The lowest BCUT2D eigenvalue weighted by atomic mass is 9.83. The number of carbonyl (C=O) groups is 1. The van der Waals surface area contributed by atoms with Gasteiger partial charge >= 0.3 is 5.97 Å². The van der Waals surface area contributed by atoms with Crippen molar-refractivity contribution in [1.29, 1.82) is 0 Å². The lowest BCUT2D eigenvalue weighted by Gasteiger charge is -2.46. The fourth-order valence-electron chi connectivity index (χ4n) is 3.50. The lowest BCUT2D eigenvalue weighted by Crippen LogP contribution is -2.52. The summed E-state index contributed by atoms with van der Waals surface area (Å²) < 4.78 is 11.5. The highest BCUT2D eigenvalue weighted by Crippen LogP contribution is 2.39. The molecule has 1 aliphatic carbocycles. The van der Waals surface area contributed by atoms with Crippen molar-refractivity contribution in [3.63, 3.8) is 0 Å². The molecule has 0 amide bonds. The van der Waals surface area contributed by atoms with Gasteiger partial charge in [0.1, 0.15) is 0 Å². The predicted octanol–water partition coefficient (Wildman–Crippen LogP) is 1.26. The minimum absolute atomic E-state index is 0.0488. The maximum absolute atomic E-state index is 11.1. The van der Waals surface area contributed by atoms with Gasteiger partial charge in [-0.3, -0.25) is 9.69 Å². The Balaban J connectivity index is 1.66. The van der Waals surface area contributed by atoms with Crippen LogP contribution in [0.3, 0.4) is 0 Å². The maximum Gasteiger partial charge on any atom is 0.317 e. The fourth-order valence-corrected chi connectivity index (χ4v) is 3.50. The van der Waals surface area contributed by atoms with E-state index in [0.29, 0.717) is 12.1 Å². The number of hydrogen-bond donors (Lipinski definition) is 1. The molecule has 0 aromatic heterocycles. The van der Waals surface area contributed by atoms with Crippen LogP contribution in [0.15, 0.2) is 0 Å². The van der Waals surface area contributed by atoms with E-state index in [1.165, 1.54) is 0 Å². The highest BCUT2D eigenvalue weighted by atomic mass is 16.5. The van der Waals surface area contributed by atoms with Gasteiger partial charge in [0.15, 0.2) is 0 Å². The van der Waals surface area contributed by atoms with E-state index >= 15 is 0 Å². The molecule has 5 heteroatoms. The molecule has 0 aromatic carbocycles. The Morgan fingerprint density at radius 2 is 1.89 bits per heavy atom. The Morgan fingerprint density at radius 3 is 2.53 bits per heavy atom. The summed E-state index contributed by atoms with van der Waals surface area (Å²) >= 11 is 0. The molecular weight excluding hydrogens is 246 g/mol. The molecular formula is C14H23NO4. The standard InChI is InChI=1S/C14H23NO4/c16-13(17)10-15(11-1-2-11)12-3-6-19-14(9-12)4-7-18-8-5-14/h11-12H,1-10H2,(H,16,17). The summed E-state index contributed by atoms with van der Waals surface area (Å²) in [5.74, 6) is -0.709. The minimum atomic E-state index is -0.709. The molecule has 3 aliphatic rings. The molecule has 2 aliphatic heterocycles. The van der Waals surface area contributed by atoms with E-state index in [1.54, 1.807) is 0 Å². The molecule has 1 N–H and O–H groups in total. The van der Waals surface area contributed by atoms with E-state index in [1.807, 2.05) is 0 Å². The predicted molar refractivity (Wildman–Crippen MR) is 69.1 cm³/mol. The average molecular weight is 269 g/mol. The fraction of sp³-hybridized carbons (Fsp3) is 0.929. The molecule has 0 radical (unpaired) electrons. The van der Waals surface area contributed by atoms with Crippen molar-refractivity contribution >= 4 is 5.97 Å². The van der Waals surface area contributed by atoms with Crippen molar-refractivity contribution in [2.75, 3.05) is 26.4 Å². The van der Waals surface area contributed by atoms with Crippen LogP contribution >= 0.6 is 0 Å². The van der Waals surface area contributed by atoms with E-state index in [-0.39, 0.29) is 12.1 Å². The van der Waals surface area contributed by atoms with E-state index in [9.17, 15) is 4.79 Å². The van der Waals surface area contributed by atoms with Crippen molar-refractivity contribution < 1.29 is 19.4 Å². The highest BCUT2D eigenvalue weighted by molar-refractivity contribution is 5.69. The smallest absolute Gasteiger partial charge is 0.317 e. The van der Waals surface area contributed by atoms with Gasteiger partial charge in [-0.15, -0.1) is 0 Å². The zero-order chi connectivity index (χ0) is 13.3. The second-order valence-corrected chi connectivity index (χ2v) is 6.09. The van der Waals surface area contributed by atoms with Gasteiger partial charge in [-0.25, -0.2) is 0 Å². The number of carboxylic acids is 1. The third kappa shape index (κ3) is 3.09. The second kappa shape index (κ2) is 5.38. The van der Waals surface area contributed by atoms with Gasteiger partial charge in [-0.2, -0.15) is 0 Å². The molecule has 0 bridgehead atoms. The molecule has 5 nitrogen and oxygen atoms in total. The Kier molecular flexibility index (Phi) is 3.78. The SMILES string of the molecule is O=C(O)CN(C1CC1)C1CCOC2(CCOCC2)C1. The maximum atomic E-state index is 11.1. The van der Waals surface area contributed by atoms with E-state index in [2.05, 4.69) is 4.90 Å². The molecule has 2 saturated heterocycles. The van der Waals surface area contributed by atoms with Gasteiger partial charge in [0.2, 0.25) is 0 Å². The number of ether oxygens (including phenoxy) is 2. The molecule has 3 rings (SSSR count). The van der Waals surface area contributed by atoms with Gasteiger partial charge in [-0.1, -0.05) is 0 Å². The van der Waals surface area contributed by atoms with Crippen molar-refractivity contribution in [3.05, 3.63) is 0 Å². The number of aliphatic carboxylic acids is 1. The molecule has 108 valence electrons. The normalized spacial score (nSPS) is 30.7. The van der Waals surface area contributed by atoms with Crippen LogP contribution in [0.2, 0.25) is 0 Å². The summed E-state index contributed by atoms with van der Waals surface area (Å²) in [5.41, 5.74) is -0.0488.